The molecule has 2 aromatic heterocycles. The van der Waals surface area contributed by atoms with Crippen LogP contribution in [0.1, 0.15) is 27.1 Å². The van der Waals surface area contributed by atoms with Gasteiger partial charge in [-0.2, -0.15) is 0 Å². The van der Waals surface area contributed by atoms with Gasteiger partial charge in [-0.15, -0.1) is 11.3 Å². The van der Waals surface area contributed by atoms with Gasteiger partial charge < -0.3 is 9.84 Å². The van der Waals surface area contributed by atoms with Crippen LogP contribution >= 0.6 is 11.3 Å². The van der Waals surface area contributed by atoms with Crippen LogP contribution in [0.3, 0.4) is 0 Å². The molecule has 4 rings (SSSR count). The normalized spacial score (nSPS) is 10.7. The number of fused-ring (bicyclic) bond motifs is 1. The Kier molecular flexibility index (Phi) is 6.85. The van der Waals surface area contributed by atoms with E-state index in [2.05, 4.69) is 11.8 Å². The molecule has 0 bridgehead atoms. The van der Waals surface area contributed by atoms with Crippen molar-refractivity contribution in [3.05, 3.63) is 102 Å². The van der Waals surface area contributed by atoms with Gasteiger partial charge in [0.1, 0.15) is 4.83 Å². The summed E-state index contributed by atoms with van der Waals surface area (Å²) in [6, 6.07) is 11.4. The van der Waals surface area contributed by atoms with Gasteiger partial charge in [-0.1, -0.05) is 42.2 Å². The zero-order chi connectivity index (χ0) is 25.1. The Labute approximate surface area is 203 Å². The van der Waals surface area contributed by atoms with Crippen LogP contribution in [0.4, 0.5) is 4.39 Å². The van der Waals surface area contributed by atoms with Crippen LogP contribution < -0.4 is 16.0 Å². The number of rotatable bonds is 6. The van der Waals surface area contributed by atoms with Gasteiger partial charge in [-0.25, -0.2) is 9.18 Å². The molecule has 2 heterocycles. The number of carboxylic acid groups (broad SMARTS) is 1. The Morgan fingerprint density at radius 1 is 1.14 bits per heavy atom. The first-order valence-electron chi connectivity index (χ1n) is 10.6. The van der Waals surface area contributed by atoms with Crippen LogP contribution in [0.15, 0.2) is 58.3 Å². The molecule has 0 radical (unpaired) electrons. The van der Waals surface area contributed by atoms with Crippen molar-refractivity contribution in [3.8, 4) is 17.6 Å². The second-order valence-corrected chi connectivity index (χ2v) is 8.94. The minimum atomic E-state index is -0.956. The second-order valence-electron chi connectivity index (χ2n) is 7.91. The number of hydrogen-bond acceptors (Lipinski definition) is 5. The van der Waals surface area contributed by atoms with Crippen molar-refractivity contribution in [1.29, 1.82) is 0 Å². The van der Waals surface area contributed by atoms with Crippen LogP contribution in [0.2, 0.25) is 0 Å². The van der Waals surface area contributed by atoms with Gasteiger partial charge >= 0.3 is 11.7 Å². The lowest BCUT2D eigenvalue weighted by Gasteiger charge is -2.08. The summed E-state index contributed by atoms with van der Waals surface area (Å²) < 4.78 is 21.1. The van der Waals surface area contributed by atoms with E-state index in [0.717, 1.165) is 10.1 Å². The van der Waals surface area contributed by atoms with Gasteiger partial charge in [-0.05, 0) is 35.7 Å². The third-order valence-electron chi connectivity index (χ3n) is 5.40. The second kappa shape index (κ2) is 9.99. The minimum Gasteiger partial charge on any atom is -0.494 e. The number of carbonyl (C=O) groups is 1. The zero-order valence-electron chi connectivity index (χ0n) is 19.0. The van der Waals surface area contributed by atoms with Crippen molar-refractivity contribution >= 4 is 22.1 Å². The first-order chi connectivity index (χ1) is 16.8. The molecule has 0 amide bonds. The molecule has 0 aliphatic carbocycles. The standard InChI is InChI=1S/C26H21FN2O5S/c1-16-24(32)28(14-19-7-3-6-18(11-19)13-23(30)31)26(33)29-15-20(35-25(16)29)8-4-5-17-9-10-21(27)22(12-17)34-2/h3,6-7,9-12,15H,5,13-14H2,1-2H3,(H,30,31). The molecule has 35 heavy (non-hydrogen) atoms. The van der Waals surface area contributed by atoms with Crippen molar-refractivity contribution in [3.63, 3.8) is 0 Å². The summed E-state index contributed by atoms with van der Waals surface area (Å²) in [6.07, 6.45) is 1.82. The summed E-state index contributed by atoms with van der Waals surface area (Å²) in [5, 5.41) is 9.01. The van der Waals surface area contributed by atoms with Gasteiger partial charge in [0.15, 0.2) is 11.6 Å². The molecular weight excluding hydrogens is 471 g/mol. The monoisotopic (exact) mass is 492 g/mol. The Bertz CT molecular complexity index is 1620. The Balaban J connectivity index is 1.64. The summed E-state index contributed by atoms with van der Waals surface area (Å²) in [6.45, 7) is 1.69. The van der Waals surface area contributed by atoms with E-state index >= 15 is 0 Å². The van der Waals surface area contributed by atoms with Crippen molar-refractivity contribution in [2.75, 3.05) is 7.11 Å². The van der Waals surface area contributed by atoms with Gasteiger partial charge in [0.2, 0.25) is 0 Å². The lowest BCUT2D eigenvalue weighted by molar-refractivity contribution is -0.136. The fourth-order valence-electron chi connectivity index (χ4n) is 3.71. The van der Waals surface area contributed by atoms with E-state index in [1.165, 1.54) is 28.9 Å². The molecule has 178 valence electrons. The number of benzene rings is 2. The van der Waals surface area contributed by atoms with Crippen molar-refractivity contribution in [2.24, 2.45) is 0 Å². The van der Waals surface area contributed by atoms with E-state index in [9.17, 15) is 18.8 Å². The highest BCUT2D eigenvalue weighted by molar-refractivity contribution is 7.18. The van der Waals surface area contributed by atoms with Crippen molar-refractivity contribution in [1.82, 2.24) is 8.97 Å². The Morgan fingerprint density at radius 3 is 2.66 bits per heavy atom. The van der Waals surface area contributed by atoms with Gasteiger partial charge in [0.05, 0.1) is 25.0 Å². The lowest BCUT2D eigenvalue weighted by atomic mass is 10.1. The first kappa shape index (κ1) is 24.0. The molecule has 2 aromatic carbocycles. The van der Waals surface area contributed by atoms with E-state index in [4.69, 9.17) is 9.84 Å². The molecule has 9 heteroatoms. The molecule has 7 nitrogen and oxygen atoms in total. The van der Waals surface area contributed by atoms with Crippen LogP contribution in [-0.4, -0.2) is 27.2 Å². The number of methoxy groups -OCH3 is 1. The first-order valence-corrected chi connectivity index (χ1v) is 11.4. The number of aryl methyl sites for hydroxylation is 1. The Morgan fingerprint density at radius 2 is 1.91 bits per heavy atom. The summed E-state index contributed by atoms with van der Waals surface area (Å²) in [5.74, 6) is 4.77. The number of aliphatic carboxylic acids is 1. The Hall–Kier alpha value is -4.16. The van der Waals surface area contributed by atoms with Crippen LogP contribution in [-0.2, 0) is 24.2 Å². The molecular formula is C26H21FN2O5S. The SMILES string of the molecule is COc1cc(CC#Cc2cn3c(=O)n(Cc4cccc(CC(=O)O)c4)c(=O)c(C)c3s2)ccc1F. The molecule has 0 aliphatic heterocycles. The predicted molar refractivity (Wildman–Crippen MR) is 131 cm³/mol. The third kappa shape index (κ3) is 5.18. The summed E-state index contributed by atoms with van der Waals surface area (Å²) in [7, 11) is 1.40. The third-order valence-corrected chi connectivity index (χ3v) is 6.53. The van der Waals surface area contributed by atoms with E-state index < -0.39 is 23.0 Å². The zero-order valence-corrected chi connectivity index (χ0v) is 19.8. The maximum atomic E-state index is 13.6. The van der Waals surface area contributed by atoms with Crippen LogP contribution in [0.25, 0.3) is 4.83 Å². The highest BCUT2D eigenvalue weighted by Crippen LogP contribution is 2.19. The van der Waals surface area contributed by atoms with E-state index in [0.29, 0.717) is 32.8 Å². The number of halogens is 1. The number of aromatic nitrogens is 2. The quantitative estimate of drug-likeness (QED) is 0.418. The van der Waals surface area contributed by atoms with E-state index in [-0.39, 0.29) is 18.7 Å². The fraction of sp³-hybridized carbons (Fsp3) is 0.192. The molecule has 0 atom stereocenters. The smallest absolute Gasteiger partial charge is 0.336 e. The van der Waals surface area contributed by atoms with Crippen LogP contribution in [0, 0.1) is 24.6 Å². The average molecular weight is 493 g/mol. The summed E-state index contributed by atoms with van der Waals surface area (Å²) >= 11 is 1.25. The molecule has 0 fully saturated rings. The van der Waals surface area contributed by atoms with Gasteiger partial charge in [0.25, 0.3) is 5.56 Å². The molecule has 1 N–H and O–H groups in total. The van der Waals surface area contributed by atoms with Crippen LogP contribution in [0.5, 0.6) is 5.75 Å². The molecule has 0 unspecified atom stereocenters. The fourth-order valence-corrected chi connectivity index (χ4v) is 4.66. The van der Waals surface area contributed by atoms with E-state index in [1.807, 2.05) is 0 Å². The minimum absolute atomic E-state index is 0.0260. The lowest BCUT2D eigenvalue weighted by Crippen LogP contribution is -2.38. The maximum Gasteiger partial charge on any atom is 0.336 e. The number of carboxylic acids is 1. The van der Waals surface area contributed by atoms with Gasteiger partial charge in [-0.3, -0.25) is 18.6 Å². The number of nitrogens with zero attached hydrogens (tertiary/aromatic N) is 2. The molecule has 0 spiro atoms. The highest BCUT2D eigenvalue weighted by Gasteiger charge is 2.14. The van der Waals surface area contributed by atoms with Crippen molar-refractivity contribution in [2.45, 2.75) is 26.3 Å². The molecule has 0 saturated carbocycles. The predicted octanol–water partition coefficient (Wildman–Crippen LogP) is 3.25. The average Bonchev–Trinajstić information content (AvgIpc) is 3.26. The molecule has 0 saturated heterocycles. The van der Waals surface area contributed by atoms with Crippen molar-refractivity contribution < 1.29 is 19.0 Å². The highest BCUT2D eigenvalue weighted by atomic mass is 32.1. The number of ether oxygens (including phenoxy) is 1. The molecule has 0 aliphatic rings. The summed E-state index contributed by atoms with van der Waals surface area (Å²) in [4.78, 5) is 38.2. The van der Waals surface area contributed by atoms with Gasteiger partial charge in [0, 0.05) is 18.2 Å². The summed E-state index contributed by atoms with van der Waals surface area (Å²) in [5.41, 5.74) is 1.56. The maximum absolute atomic E-state index is 13.6. The van der Waals surface area contributed by atoms with E-state index in [1.54, 1.807) is 49.5 Å². The number of hydrogen-bond donors (Lipinski definition) is 1. The number of thiazole rings is 1. The largest absolute Gasteiger partial charge is 0.494 e. The molecule has 4 aromatic rings. The topological polar surface area (TPSA) is 90.0 Å².